The molecule has 0 unspecified atom stereocenters. The third-order valence-corrected chi connectivity index (χ3v) is 2.82. The van der Waals surface area contributed by atoms with Crippen LogP contribution >= 0.6 is 11.3 Å². The van der Waals surface area contributed by atoms with E-state index in [-0.39, 0.29) is 5.78 Å². The van der Waals surface area contributed by atoms with E-state index in [1.165, 1.54) is 18.4 Å². The molecular weight excluding hydrogens is 210 g/mol. The van der Waals surface area contributed by atoms with Gasteiger partial charge in [0.1, 0.15) is 5.75 Å². The number of nitrogens with zero attached hydrogens (tertiary/aromatic N) is 1. The molecule has 2 rings (SSSR count). The monoisotopic (exact) mass is 219 g/mol. The largest absolute Gasteiger partial charge is 0.494 e. The molecule has 0 amide bonds. The lowest BCUT2D eigenvalue weighted by molar-refractivity contribution is 0.103. The molecule has 0 atom stereocenters. The maximum Gasteiger partial charge on any atom is 0.225 e. The van der Waals surface area contributed by atoms with Crippen LogP contribution in [0.25, 0.3) is 0 Å². The molecule has 15 heavy (non-hydrogen) atoms. The van der Waals surface area contributed by atoms with Crippen LogP contribution in [-0.2, 0) is 0 Å². The van der Waals surface area contributed by atoms with Gasteiger partial charge in [0.15, 0.2) is 5.69 Å². The number of aromatic nitrogens is 1. The molecule has 0 aliphatic heterocycles. The average molecular weight is 219 g/mol. The van der Waals surface area contributed by atoms with Gasteiger partial charge >= 0.3 is 0 Å². The van der Waals surface area contributed by atoms with Crippen LogP contribution in [-0.4, -0.2) is 17.9 Å². The van der Waals surface area contributed by atoms with Crippen molar-refractivity contribution in [1.29, 1.82) is 0 Å². The Morgan fingerprint density at radius 3 is 2.93 bits per heavy atom. The van der Waals surface area contributed by atoms with Crippen LogP contribution < -0.4 is 4.74 Å². The highest BCUT2D eigenvalue weighted by molar-refractivity contribution is 7.12. The number of carbonyl (C=O) groups is 1. The molecule has 76 valence electrons. The predicted molar refractivity (Wildman–Crippen MR) is 58.5 cm³/mol. The molecule has 3 nitrogen and oxygen atoms in total. The highest BCUT2D eigenvalue weighted by Gasteiger charge is 2.15. The van der Waals surface area contributed by atoms with Crippen molar-refractivity contribution in [2.24, 2.45) is 0 Å². The van der Waals surface area contributed by atoms with E-state index in [1.807, 2.05) is 11.4 Å². The lowest BCUT2D eigenvalue weighted by Gasteiger charge is -2.04. The Balaban J connectivity index is 2.42. The maximum absolute atomic E-state index is 12.0. The summed E-state index contributed by atoms with van der Waals surface area (Å²) in [6.07, 6.45) is 1.59. The zero-order valence-electron chi connectivity index (χ0n) is 8.14. The summed E-state index contributed by atoms with van der Waals surface area (Å²) in [4.78, 5) is 16.7. The van der Waals surface area contributed by atoms with Gasteiger partial charge in [-0.05, 0) is 23.6 Å². The second-order valence-electron chi connectivity index (χ2n) is 2.86. The van der Waals surface area contributed by atoms with E-state index in [0.717, 1.165) is 0 Å². The second kappa shape index (κ2) is 4.23. The smallest absolute Gasteiger partial charge is 0.225 e. The van der Waals surface area contributed by atoms with Crippen molar-refractivity contribution in [1.82, 2.24) is 4.98 Å². The minimum Gasteiger partial charge on any atom is -0.494 e. The van der Waals surface area contributed by atoms with E-state index >= 15 is 0 Å². The normalized spacial score (nSPS) is 9.93. The quantitative estimate of drug-likeness (QED) is 0.744. The first-order valence-corrected chi connectivity index (χ1v) is 5.28. The summed E-state index contributed by atoms with van der Waals surface area (Å²) in [7, 11) is 1.53. The molecule has 2 heterocycles. The van der Waals surface area contributed by atoms with Crippen LogP contribution in [0.5, 0.6) is 5.75 Å². The SMILES string of the molecule is COc1cccnc1C(=O)c1cccs1. The lowest BCUT2D eigenvalue weighted by Crippen LogP contribution is -2.04. The van der Waals surface area contributed by atoms with Gasteiger partial charge in [-0.2, -0.15) is 0 Å². The van der Waals surface area contributed by atoms with Gasteiger partial charge in [0.25, 0.3) is 0 Å². The van der Waals surface area contributed by atoms with Crippen molar-refractivity contribution in [2.45, 2.75) is 0 Å². The number of rotatable bonds is 3. The molecule has 0 bridgehead atoms. The van der Waals surface area contributed by atoms with Gasteiger partial charge in [0.05, 0.1) is 12.0 Å². The minimum absolute atomic E-state index is 0.0950. The number of pyridine rings is 1. The molecule has 0 saturated heterocycles. The van der Waals surface area contributed by atoms with Gasteiger partial charge in [-0.15, -0.1) is 11.3 Å². The Morgan fingerprint density at radius 2 is 2.27 bits per heavy atom. The standard InChI is InChI=1S/C11H9NO2S/c1-14-8-4-2-6-12-10(8)11(13)9-5-3-7-15-9/h2-7H,1H3. The number of hydrogen-bond acceptors (Lipinski definition) is 4. The fourth-order valence-electron chi connectivity index (χ4n) is 1.25. The molecule has 0 spiro atoms. The maximum atomic E-state index is 12.0. The lowest BCUT2D eigenvalue weighted by atomic mass is 10.2. The van der Waals surface area contributed by atoms with Crippen molar-refractivity contribution >= 4 is 17.1 Å². The van der Waals surface area contributed by atoms with Gasteiger partial charge in [0, 0.05) is 6.20 Å². The average Bonchev–Trinajstić information content (AvgIpc) is 2.81. The van der Waals surface area contributed by atoms with Crippen molar-refractivity contribution < 1.29 is 9.53 Å². The van der Waals surface area contributed by atoms with Crippen molar-refractivity contribution in [2.75, 3.05) is 7.11 Å². The minimum atomic E-state index is -0.0950. The Labute approximate surface area is 91.4 Å². The molecule has 2 aromatic heterocycles. The predicted octanol–water partition coefficient (Wildman–Crippen LogP) is 2.38. The summed E-state index contributed by atoms with van der Waals surface area (Å²) in [6.45, 7) is 0. The van der Waals surface area contributed by atoms with Crippen LogP contribution in [0.4, 0.5) is 0 Å². The molecule has 0 fully saturated rings. The second-order valence-corrected chi connectivity index (χ2v) is 3.81. The summed E-state index contributed by atoms with van der Waals surface area (Å²) in [5.41, 5.74) is 0.363. The molecule has 4 heteroatoms. The Kier molecular flexibility index (Phi) is 2.78. The van der Waals surface area contributed by atoms with Crippen LogP contribution in [0.1, 0.15) is 15.4 Å². The fourth-order valence-corrected chi connectivity index (χ4v) is 1.91. The molecule has 0 aliphatic rings. The zero-order valence-corrected chi connectivity index (χ0v) is 8.95. The third-order valence-electron chi connectivity index (χ3n) is 1.95. The summed E-state index contributed by atoms with van der Waals surface area (Å²) in [5.74, 6) is 0.415. The Bertz CT molecular complexity index is 465. The van der Waals surface area contributed by atoms with E-state index < -0.39 is 0 Å². The van der Waals surface area contributed by atoms with Gasteiger partial charge in [0.2, 0.25) is 5.78 Å². The number of methoxy groups -OCH3 is 1. The van der Waals surface area contributed by atoms with Gasteiger partial charge in [-0.1, -0.05) is 6.07 Å². The van der Waals surface area contributed by atoms with Crippen molar-refractivity contribution in [3.05, 3.63) is 46.4 Å². The van der Waals surface area contributed by atoms with E-state index in [4.69, 9.17) is 4.74 Å². The first kappa shape index (κ1) is 9.86. The molecule has 0 N–H and O–H groups in total. The third kappa shape index (κ3) is 1.89. The van der Waals surface area contributed by atoms with Crippen LogP contribution in [0.2, 0.25) is 0 Å². The first-order valence-electron chi connectivity index (χ1n) is 4.40. The van der Waals surface area contributed by atoms with E-state index in [9.17, 15) is 4.79 Å². The zero-order chi connectivity index (χ0) is 10.7. The fraction of sp³-hybridized carbons (Fsp3) is 0.0909. The Morgan fingerprint density at radius 1 is 1.40 bits per heavy atom. The van der Waals surface area contributed by atoms with Crippen LogP contribution in [0.3, 0.4) is 0 Å². The number of thiophene rings is 1. The van der Waals surface area contributed by atoms with Crippen LogP contribution in [0.15, 0.2) is 35.8 Å². The molecular formula is C11H9NO2S. The van der Waals surface area contributed by atoms with E-state index in [0.29, 0.717) is 16.3 Å². The van der Waals surface area contributed by atoms with E-state index in [2.05, 4.69) is 4.98 Å². The van der Waals surface area contributed by atoms with E-state index in [1.54, 1.807) is 24.4 Å². The molecule has 2 aromatic rings. The Hall–Kier alpha value is -1.68. The topological polar surface area (TPSA) is 39.2 Å². The summed E-state index contributed by atoms with van der Waals surface area (Å²) < 4.78 is 5.09. The number of carbonyl (C=O) groups excluding carboxylic acids is 1. The number of hydrogen-bond donors (Lipinski definition) is 0. The molecule has 0 aromatic carbocycles. The highest BCUT2D eigenvalue weighted by Crippen LogP contribution is 2.20. The number of ketones is 1. The molecule has 0 saturated carbocycles. The van der Waals surface area contributed by atoms with Crippen molar-refractivity contribution in [3.63, 3.8) is 0 Å². The van der Waals surface area contributed by atoms with Crippen molar-refractivity contribution in [3.8, 4) is 5.75 Å². The summed E-state index contributed by atoms with van der Waals surface area (Å²) >= 11 is 1.40. The summed E-state index contributed by atoms with van der Waals surface area (Å²) in [6, 6.07) is 7.09. The molecule has 0 radical (unpaired) electrons. The number of ether oxygens (including phenoxy) is 1. The van der Waals surface area contributed by atoms with Crippen LogP contribution in [0, 0.1) is 0 Å². The summed E-state index contributed by atoms with van der Waals surface area (Å²) in [5, 5.41) is 1.86. The van der Waals surface area contributed by atoms with Gasteiger partial charge < -0.3 is 4.74 Å². The highest BCUT2D eigenvalue weighted by atomic mass is 32.1. The first-order chi connectivity index (χ1) is 7.33. The molecule has 0 aliphatic carbocycles. The van der Waals surface area contributed by atoms with Gasteiger partial charge in [-0.3, -0.25) is 4.79 Å². The van der Waals surface area contributed by atoms with Gasteiger partial charge in [-0.25, -0.2) is 4.98 Å².